The summed E-state index contributed by atoms with van der Waals surface area (Å²) in [5.41, 5.74) is 4.82. The average Bonchev–Trinajstić information content (AvgIpc) is 2.75. The Bertz CT molecular complexity index is 883. The maximum absolute atomic E-state index is 12.5. The minimum Gasteiger partial charge on any atom is -0.353 e. The van der Waals surface area contributed by atoms with Gasteiger partial charge in [-0.3, -0.25) is 4.79 Å². The summed E-state index contributed by atoms with van der Waals surface area (Å²) in [7, 11) is 0. The van der Waals surface area contributed by atoms with Gasteiger partial charge in [-0.2, -0.15) is 0 Å². The van der Waals surface area contributed by atoms with E-state index in [2.05, 4.69) is 70.7 Å². The van der Waals surface area contributed by atoms with Crippen LogP contribution in [0.5, 0.6) is 0 Å². The summed E-state index contributed by atoms with van der Waals surface area (Å²) >= 11 is 0. The number of nitrogens with zero attached hydrogens (tertiary/aromatic N) is 4. The second-order valence-electron chi connectivity index (χ2n) is 9.41. The van der Waals surface area contributed by atoms with Gasteiger partial charge in [0.2, 0.25) is 5.91 Å². The number of rotatable bonds is 7. The molecule has 3 rings (SSSR count). The number of hydrogen-bond donors (Lipinski definition) is 0. The summed E-state index contributed by atoms with van der Waals surface area (Å²) in [6.45, 7) is 16.0. The summed E-state index contributed by atoms with van der Waals surface area (Å²) in [6.07, 6.45) is 2.48. The van der Waals surface area contributed by atoms with Crippen LogP contribution in [0, 0.1) is 19.8 Å². The maximum atomic E-state index is 12.5. The van der Waals surface area contributed by atoms with Crippen LogP contribution in [0.2, 0.25) is 0 Å². The van der Waals surface area contributed by atoms with Crippen LogP contribution < -0.4 is 4.90 Å². The molecule has 0 aliphatic carbocycles. The molecule has 5 nitrogen and oxygen atoms in total. The highest BCUT2D eigenvalue weighted by Crippen LogP contribution is 2.28. The van der Waals surface area contributed by atoms with Gasteiger partial charge in [-0.05, 0) is 31.7 Å². The summed E-state index contributed by atoms with van der Waals surface area (Å²) < 4.78 is 0. The minimum absolute atomic E-state index is 0.272. The van der Waals surface area contributed by atoms with E-state index in [4.69, 9.17) is 9.97 Å². The van der Waals surface area contributed by atoms with Gasteiger partial charge in [-0.15, -0.1) is 0 Å². The maximum Gasteiger partial charge on any atom is 0.222 e. The molecule has 31 heavy (non-hydrogen) atoms. The van der Waals surface area contributed by atoms with Gasteiger partial charge < -0.3 is 9.80 Å². The molecule has 2 aromatic rings. The molecular weight excluding hydrogens is 384 g/mol. The van der Waals surface area contributed by atoms with Crippen molar-refractivity contribution in [1.82, 2.24) is 14.9 Å². The molecule has 1 atom stereocenters. The van der Waals surface area contributed by atoms with Crippen molar-refractivity contribution in [2.75, 3.05) is 31.1 Å². The predicted molar refractivity (Wildman–Crippen MR) is 128 cm³/mol. The Kier molecular flexibility index (Phi) is 7.69. The lowest BCUT2D eigenvalue weighted by molar-refractivity contribution is -0.132. The first-order valence-corrected chi connectivity index (χ1v) is 11.7. The average molecular weight is 423 g/mol. The normalized spacial score (nSPS) is 15.5. The van der Waals surface area contributed by atoms with Crippen LogP contribution in [0.25, 0.3) is 0 Å². The molecule has 0 spiro atoms. The predicted octanol–water partition coefficient (Wildman–Crippen LogP) is 4.89. The van der Waals surface area contributed by atoms with E-state index in [9.17, 15) is 4.79 Å². The van der Waals surface area contributed by atoms with Crippen molar-refractivity contribution in [2.45, 2.75) is 66.7 Å². The van der Waals surface area contributed by atoms with Crippen LogP contribution in [0.1, 0.15) is 74.7 Å². The van der Waals surface area contributed by atoms with Crippen LogP contribution in [0.4, 0.5) is 5.82 Å². The third-order valence-electron chi connectivity index (χ3n) is 6.28. The number of aromatic nitrogens is 2. The van der Waals surface area contributed by atoms with Crippen molar-refractivity contribution in [3.63, 3.8) is 0 Å². The fraction of sp³-hybridized carbons (Fsp3) is 0.577. The number of anilines is 1. The first-order valence-electron chi connectivity index (χ1n) is 11.7. The fourth-order valence-electron chi connectivity index (χ4n) is 4.03. The van der Waals surface area contributed by atoms with Gasteiger partial charge >= 0.3 is 0 Å². The molecule has 0 N–H and O–H groups in total. The molecule has 1 amide bonds. The van der Waals surface area contributed by atoms with E-state index in [1.54, 1.807) is 0 Å². The van der Waals surface area contributed by atoms with E-state index in [1.807, 2.05) is 4.90 Å². The van der Waals surface area contributed by atoms with Gasteiger partial charge in [-0.25, -0.2) is 9.97 Å². The van der Waals surface area contributed by atoms with E-state index in [0.717, 1.165) is 56.4 Å². The summed E-state index contributed by atoms with van der Waals surface area (Å²) in [5, 5.41) is 0. The number of carbonyl (C=O) groups is 1. The Balaban J connectivity index is 1.87. The van der Waals surface area contributed by atoms with Gasteiger partial charge in [-0.1, -0.05) is 57.5 Å². The molecule has 2 heterocycles. The molecule has 0 saturated carbocycles. The van der Waals surface area contributed by atoms with Crippen molar-refractivity contribution >= 4 is 11.7 Å². The monoisotopic (exact) mass is 422 g/mol. The van der Waals surface area contributed by atoms with E-state index in [0.29, 0.717) is 18.3 Å². The largest absolute Gasteiger partial charge is 0.353 e. The Hall–Kier alpha value is -2.43. The van der Waals surface area contributed by atoms with Crippen molar-refractivity contribution in [3.05, 3.63) is 52.5 Å². The zero-order valence-corrected chi connectivity index (χ0v) is 20.1. The van der Waals surface area contributed by atoms with Crippen molar-refractivity contribution in [2.24, 2.45) is 5.92 Å². The third kappa shape index (κ3) is 5.84. The SMILES string of the molecule is CC[C@@H](C)c1nc(C)c(Cc2ccc(C)cc2)c(N2CCN(C(=O)CC(C)C)CC2)n1. The Morgan fingerprint density at radius 2 is 1.65 bits per heavy atom. The lowest BCUT2D eigenvalue weighted by Gasteiger charge is -2.37. The topological polar surface area (TPSA) is 49.3 Å². The van der Waals surface area contributed by atoms with Crippen LogP contribution in [-0.2, 0) is 11.2 Å². The second-order valence-corrected chi connectivity index (χ2v) is 9.41. The highest BCUT2D eigenvalue weighted by atomic mass is 16.2. The van der Waals surface area contributed by atoms with E-state index in [1.165, 1.54) is 16.7 Å². The van der Waals surface area contributed by atoms with Gasteiger partial charge in [0.15, 0.2) is 0 Å². The van der Waals surface area contributed by atoms with Gasteiger partial charge in [0.1, 0.15) is 11.6 Å². The molecule has 1 fully saturated rings. The fourth-order valence-corrected chi connectivity index (χ4v) is 4.03. The molecule has 1 aliphatic rings. The van der Waals surface area contributed by atoms with Gasteiger partial charge in [0.25, 0.3) is 0 Å². The van der Waals surface area contributed by atoms with Gasteiger partial charge in [0, 0.05) is 56.2 Å². The van der Waals surface area contributed by atoms with Crippen LogP contribution in [-0.4, -0.2) is 47.0 Å². The number of carbonyl (C=O) groups excluding carboxylic acids is 1. The molecule has 0 unspecified atom stereocenters. The van der Waals surface area contributed by atoms with Crippen molar-refractivity contribution in [3.8, 4) is 0 Å². The van der Waals surface area contributed by atoms with Crippen LogP contribution in [0.3, 0.4) is 0 Å². The molecular formula is C26H38N4O. The molecule has 168 valence electrons. The van der Waals surface area contributed by atoms with Crippen LogP contribution in [0.15, 0.2) is 24.3 Å². The van der Waals surface area contributed by atoms with Crippen molar-refractivity contribution < 1.29 is 4.79 Å². The van der Waals surface area contributed by atoms with E-state index < -0.39 is 0 Å². The first-order chi connectivity index (χ1) is 14.8. The quantitative estimate of drug-likeness (QED) is 0.637. The Morgan fingerprint density at radius 3 is 2.23 bits per heavy atom. The summed E-state index contributed by atoms with van der Waals surface area (Å²) in [5.74, 6) is 2.99. The third-order valence-corrected chi connectivity index (χ3v) is 6.28. The number of benzene rings is 1. The van der Waals surface area contributed by atoms with Crippen molar-refractivity contribution in [1.29, 1.82) is 0 Å². The molecule has 0 bridgehead atoms. The second kappa shape index (κ2) is 10.3. The number of hydrogen-bond acceptors (Lipinski definition) is 4. The Morgan fingerprint density at radius 1 is 1.00 bits per heavy atom. The highest BCUT2D eigenvalue weighted by Gasteiger charge is 2.26. The van der Waals surface area contributed by atoms with E-state index >= 15 is 0 Å². The summed E-state index contributed by atoms with van der Waals surface area (Å²) in [4.78, 5) is 26.8. The van der Waals surface area contributed by atoms with Crippen LogP contribution >= 0.6 is 0 Å². The number of piperazine rings is 1. The molecule has 1 aromatic carbocycles. The molecule has 5 heteroatoms. The molecule has 1 aliphatic heterocycles. The highest BCUT2D eigenvalue weighted by molar-refractivity contribution is 5.76. The van der Waals surface area contributed by atoms with E-state index in [-0.39, 0.29) is 5.91 Å². The lowest BCUT2D eigenvalue weighted by Crippen LogP contribution is -2.49. The molecule has 1 aromatic heterocycles. The zero-order chi connectivity index (χ0) is 22.5. The first kappa shape index (κ1) is 23.2. The molecule has 0 radical (unpaired) electrons. The molecule has 1 saturated heterocycles. The number of aryl methyl sites for hydroxylation is 2. The summed E-state index contributed by atoms with van der Waals surface area (Å²) in [6, 6.07) is 8.73. The minimum atomic E-state index is 0.272. The number of amides is 1. The smallest absolute Gasteiger partial charge is 0.222 e. The zero-order valence-electron chi connectivity index (χ0n) is 20.1. The lowest BCUT2D eigenvalue weighted by atomic mass is 10.0. The standard InChI is InChI=1S/C26H38N4O/c1-7-20(5)25-27-21(6)23(17-22-10-8-19(4)9-11-22)26(28-25)30-14-12-29(13-15-30)24(31)16-18(2)3/h8-11,18,20H,7,12-17H2,1-6H3/t20-/m1/s1. The van der Waals surface area contributed by atoms with Gasteiger partial charge in [0.05, 0.1) is 0 Å². The Labute approximate surface area is 187 Å².